The quantitative estimate of drug-likeness (QED) is 0.421. The summed E-state index contributed by atoms with van der Waals surface area (Å²) in [4.78, 5) is 24.2. The molecule has 32 heavy (non-hydrogen) atoms. The third kappa shape index (κ3) is 4.02. The third-order valence-corrected chi connectivity index (χ3v) is 5.97. The SMILES string of the molecule is Nc1c(C(=O)NCC[NH+]2CCOCC2)c2nc3ccccc3nc2n1Cc1ccccc1. The second-order valence-corrected chi connectivity index (χ2v) is 8.08. The van der Waals surface area contributed by atoms with Crippen LogP contribution in [0.15, 0.2) is 54.6 Å². The van der Waals surface area contributed by atoms with Gasteiger partial charge in [0.05, 0.1) is 43.9 Å². The molecule has 2 aromatic carbocycles. The van der Waals surface area contributed by atoms with Gasteiger partial charge >= 0.3 is 0 Å². The van der Waals surface area contributed by atoms with Gasteiger partial charge in [0.1, 0.15) is 30.0 Å². The first-order chi connectivity index (χ1) is 15.7. The van der Waals surface area contributed by atoms with Crippen LogP contribution in [0.2, 0.25) is 0 Å². The van der Waals surface area contributed by atoms with Gasteiger partial charge in [-0.1, -0.05) is 42.5 Å². The minimum absolute atomic E-state index is 0.212. The number of nitrogens with zero attached hydrogens (tertiary/aromatic N) is 3. The Balaban J connectivity index is 1.49. The number of hydrogen-bond acceptors (Lipinski definition) is 5. The molecule has 1 saturated heterocycles. The van der Waals surface area contributed by atoms with Crippen molar-refractivity contribution < 1.29 is 14.4 Å². The number of carbonyl (C=O) groups is 1. The number of carbonyl (C=O) groups excluding carboxylic acids is 1. The zero-order chi connectivity index (χ0) is 21.9. The number of benzene rings is 2. The molecule has 1 aliphatic heterocycles. The lowest BCUT2D eigenvalue weighted by Gasteiger charge is -2.23. The van der Waals surface area contributed by atoms with E-state index in [9.17, 15) is 4.79 Å². The molecule has 0 atom stereocenters. The Morgan fingerprint density at radius 1 is 1.03 bits per heavy atom. The van der Waals surface area contributed by atoms with Crippen LogP contribution in [0.4, 0.5) is 5.82 Å². The number of nitrogens with two attached hydrogens (primary N) is 1. The summed E-state index contributed by atoms with van der Waals surface area (Å²) in [5.74, 6) is 0.173. The average molecular weight is 432 g/mol. The molecule has 0 aliphatic carbocycles. The van der Waals surface area contributed by atoms with Crippen LogP contribution in [-0.4, -0.2) is 59.8 Å². The van der Waals surface area contributed by atoms with Crippen molar-refractivity contribution in [2.45, 2.75) is 6.54 Å². The lowest BCUT2D eigenvalue weighted by Crippen LogP contribution is -3.14. The number of amides is 1. The minimum atomic E-state index is -0.212. The van der Waals surface area contributed by atoms with E-state index in [1.54, 1.807) is 0 Å². The van der Waals surface area contributed by atoms with Crippen LogP contribution in [0, 0.1) is 0 Å². The van der Waals surface area contributed by atoms with Crippen molar-refractivity contribution in [1.29, 1.82) is 0 Å². The van der Waals surface area contributed by atoms with Crippen molar-refractivity contribution in [1.82, 2.24) is 19.9 Å². The van der Waals surface area contributed by atoms with Crippen molar-refractivity contribution in [3.8, 4) is 0 Å². The highest BCUT2D eigenvalue weighted by molar-refractivity contribution is 6.10. The Morgan fingerprint density at radius 2 is 1.72 bits per heavy atom. The van der Waals surface area contributed by atoms with Crippen molar-refractivity contribution >= 4 is 33.9 Å². The molecule has 0 bridgehead atoms. The van der Waals surface area contributed by atoms with Gasteiger partial charge < -0.3 is 25.3 Å². The first kappa shape index (κ1) is 20.4. The fourth-order valence-corrected chi connectivity index (χ4v) is 4.22. The van der Waals surface area contributed by atoms with E-state index in [0.29, 0.717) is 35.6 Å². The van der Waals surface area contributed by atoms with E-state index in [-0.39, 0.29) is 5.91 Å². The summed E-state index contributed by atoms with van der Waals surface area (Å²) in [5.41, 5.74) is 10.7. The van der Waals surface area contributed by atoms with Crippen molar-refractivity contribution in [2.24, 2.45) is 0 Å². The van der Waals surface area contributed by atoms with E-state index in [1.807, 2.05) is 59.2 Å². The molecule has 4 N–H and O–H groups in total. The average Bonchev–Trinajstić information content (AvgIpc) is 3.09. The topological polar surface area (TPSA) is 99.5 Å². The molecule has 8 heteroatoms. The van der Waals surface area contributed by atoms with Gasteiger partial charge in [0, 0.05) is 0 Å². The molecule has 5 rings (SSSR count). The minimum Gasteiger partial charge on any atom is -0.384 e. The van der Waals surface area contributed by atoms with Gasteiger partial charge in [-0.15, -0.1) is 0 Å². The molecular weight excluding hydrogens is 404 g/mol. The van der Waals surface area contributed by atoms with E-state index in [1.165, 1.54) is 4.90 Å². The number of quaternary nitrogens is 1. The Morgan fingerprint density at radius 3 is 2.47 bits per heavy atom. The maximum atomic E-state index is 13.2. The number of nitrogens with one attached hydrogen (secondary N) is 2. The molecule has 8 nitrogen and oxygen atoms in total. The summed E-state index contributed by atoms with van der Waals surface area (Å²) >= 11 is 0. The summed E-state index contributed by atoms with van der Waals surface area (Å²) in [5, 5.41) is 3.04. The largest absolute Gasteiger partial charge is 0.384 e. The number of hydrogen-bond donors (Lipinski definition) is 3. The molecule has 4 aromatic rings. The van der Waals surface area contributed by atoms with Gasteiger partial charge in [-0.25, -0.2) is 9.97 Å². The Hall–Kier alpha value is -3.49. The molecule has 0 radical (unpaired) electrons. The maximum absolute atomic E-state index is 13.2. The fraction of sp³-hybridized carbons (Fsp3) is 0.292. The predicted molar refractivity (Wildman–Crippen MR) is 124 cm³/mol. The summed E-state index contributed by atoms with van der Waals surface area (Å²) in [7, 11) is 0. The van der Waals surface area contributed by atoms with Gasteiger partial charge in [0.25, 0.3) is 5.91 Å². The number of fused-ring (bicyclic) bond motifs is 2. The number of nitrogen functional groups attached to an aromatic ring is 1. The van der Waals surface area contributed by atoms with Crippen LogP contribution >= 0.6 is 0 Å². The third-order valence-electron chi connectivity index (χ3n) is 5.97. The van der Waals surface area contributed by atoms with E-state index in [2.05, 4.69) is 5.32 Å². The van der Waals surface area contributed by atoms with E-state index >= 15 is 0 Å². The molecule has 1 aliphatic rings. The van der Waals surface area contributed by atoms with Gasteiger partial charge in [-0.05, 0) is 17.7 Å². The first-order valence-corrected chi connectivity index (χ1v) is 11.0. The summed E-state index contributed by atoms with van der Waals surface area (Å²) in [6.07, 6.45) is 0. The fourth-order valence-electron chi connectivity index (χ4n) is 4.22. The normalized spacial score (nSPS) is 14.8. The van der Waals surface area contributed by atoms with E-state index < -0.39 is 0 Å². The summed E-state index contributed by atoms with van der Waals surface area (Å²) in [6, 6.07) is 17.7. The van der Waals surface area contributed by atoms with Crippen LogP contribution in [0.1, 0.15) is 15.9 Å². The monoisotopic (exact) mass is 431 g/mol. The van der Waals surface area contributed by atoms with Crippen LogP contribution in [0.3, 0.4) is 0 Å². The lowest BCUT2D eigenvalue weighted by molar-refractivity contribution is -0.906. The maximum Gasteiger partial charge on any atom is 0.257 e. The second-order valence-electron chi connectivity index (χ2n) is 8.08. The number of anilines is 1. The number of morpholine rings is 1. The van der Waals surface area contributed by atoms with Crippen LogP contribution in [-0.2, 0) is 11.3 Å². The highest BCUT2D eigenvalue weighted by Gasteiger charge is 2.24. The van der Waals surface area contributed by atoms with E-state index in [0.717, 1.165) is 49.4 Å². The molecule has 0 spiro atoms. The standard InChI is InChI=1S/C24H26N6O2/c25-22-20(24(31)26-10-11-29-12-14-32-15-13-29)21-23(28-19-9-5-4-8-18(19)27-21)30(22)16-17-6-2-1-3-7-17/h1-9H,10-16,25H2,(H,26,31)/p+1. The number of aromatic nitrogens is 3. The number of para-hydroxylation sites is 2. The molecule has 1 fully saturated rings. The van der Waals surface area contributed by atoms with Gasteiger partial charge in [-0.3, -0.25) is 4.79 Å². The van der Waals surface area contributed by atoms with E-state index in [4.69, 9.17) is 20.4 Å². The second kappa shape index (κ2) is 8.94. The van der Waals surface area contributed by atoms with Crippen LogP contribution < -0.4 is 16.0 Å². The highest BCUT2D eigenvalue weighted by atomic mass is 16.5. The highest BCUT2D eigenvalue weighted by Crippen LogP contribution is 2.28. The lowest BCUT2D eigenvalue weighted by atomic mass is 10.2. The predicted octanol–water partition coefficient (Wildman–Crippen LogP) is 0.860. The molecular formula is C24H27N6O2+. The summed E-state index contributed by atoms with van der Waals surface area (Å²) in [6.45, 7) is 5.41. The molecule has 1 amide bonds. The smallest absolute Gasteiger partial charge is 0.257 e. The molecule has 0 saturated carbocycles. The van der Waals surface area contributed by atoms with Crippen LogP contribution in [0.25, 0.3) is 22.2 Å². The first-order valence-electron chi connectivity index (χ1n) is 11.0. The Kier molecular flexibility index (Phi) is 5.70. The number of ether oxygens (including phenoxy) is 1. The van der Waals surface area contributed by atoms with Gasteiger partial charge in [0.15, 0.2) is 5.65 Å². The molecule has 0 unspecified atom stereocenters. The zero-order valence-corrected chi connectivity index (χ0v) is 17.9. The zero-order valence-electron chi connectivity index (χ0n) is 17.9. The van der Waals surface area contributed by atoms with Crippen molar-refractivity contribution in [3.63, 3.8) is 0 Å². The van der Waals surface area contributed by atoms with Crippen molar-refractivity contribution in [2.75, 3.05) is 45.1 Å². The van der Waals surface area contributed by atoms with Gasteiger partial charge in [0.2, 0.25) is 0 Å². The van der Waals surface area contributed by atoms with Crippen molar-refractivity contribution in [3.05, 3.63) is 65.7 Å². The molecule has 3 heterocycles. The molecule has 2 aromatic heterocycles. The molecule has 164 valence electrons. The summed E-state index contributed by atoms with van der Waals surface area (Å²) < 4.78 is 7.29. The van der Waals surface area contributed by atoms with Gasteiger partial charge in [-0.2, -0.15) is 0 Å². The number of rotatable bonds is 6. The van der Waals surface area contributed by atoms with Crippen LogP contribution in [0.5, 0.6) is 0 Å². The Bertz CT molecular complexity index is 1250. The Labute approximate surface area is 186 Å².